The van der Waals surface area contributed by atoms with Crippen molar-refractivity contribution in [2.75, 3.05) is 18.4 Å². The van der Waals surface area contributed by atoms with Gasteiger partial charge in [-0.2, -0.15) is 0 Å². The summed E-state index contributed by atoms with van der Waals surface area (Å²) >= 11 is 0. The van der Waals surface area contributed by atoms with Crippen LogP contribution in [-0.2, 0) is 4.79 Å². The second-order valence-corrected chi connectivity index (χ2v) is 6.27. The van der Waals surface area contributed by atoms with E-state index in [0.717, 1.165) is 49.1 Å². The SMILES string of the molecule is Cc1nc2ccc(NC(=O)C3CC34CCNCC4)cc2o1. The average molecular weight is 285 g/mol. The number of aryl methyl sites for hydroxylation is 1. The summed E-state index contributed by atoms with van der Waals surface area (Å²) in [5.74, 6) is 0.962. The predicted molar refractivity (Wildman–Crippen MR) is 80.0 cm³/mol. The highest BCUT2D eigenvalue weighted by Gasteiger charge is 2.57. The monoisotopic (exact) mass is 285 g/mol. The summed E-state index contributed by atoms with van der Waals surface area (Å²) in [5, 5.41) is 6.39. The molecule has 0 radical (unpaired) electrons. The summed E-state index contributed by atoms with van der Waals surface area (Å²) in [6.07, 6.45) is 3.26. The minimum absolute atomic E-state index is 0.146. The number of carbonyl (C=O) groups excluding carboxylic acids is 1. The van der Waals surface area contributed by atoms with E-state index in [0.29, 0.717) is 5.89 Å². The molecule has 2 N–H and O–H groups in total. The Morgan fingerprint density at radius 1 is 1.43 bits per heavy atom. The number of rotatable bonds is 2. The summed E-state index contributed by atoms with van der Waals surface area (Å²) in [6, 6.07) is 5.62. The fourth-order valence-electron chi connectivity index (χ4n) is 3.54. The first kappa shape index (κ1) is 12.8. The Morgan fingerprint density at radius 3 is 3.05 bits per heavy atom. The molecule has 1 atom stereocenters. The quantitative estimate of drug-likeness (QED) is 0.889. The molecule has 1 aromatic heterocycles. The Morgan fingerprint density at radius 2 is 2.24 bits per heavy atom. The first-order valence-corrected chi connectivity index (χ1v) is 7.55. The van der Waals surface area contributed by atoms with Gasteiger partial charge in [-0.05, 0) is 49.9 Å². The summed E-state index contributed by atoms with van der Waals surface area (Å²) < 4.78 is 5.51. The predicted octanol–water partition coefficient (Wildman–Crippen LogP) is 2.46. The molecule has 1 saturated carbocycles. The van der Waals surface area contributed by atoms with Crippen LogP contribution in [0.15, 0.2) is 22.6 Å². The number of amides is 1. The molecule has 1 spiro atoms. The fourth-order valence-corrected chi connectivity index (χ4v) is 3.54. The van der Waals surface area contributed by atoms with E-state index in [1.165, 1.54) is 0 Å². The van der Waals surface area contributed by atoms with E-state index >= 15 is 0 Å². The van der Waals surface area contributed by atoms with Gasteiger partial charge < -0.3 is 15.1 Å². The maximum Gasteiger partial charge on any atom is 0.228 e. The van der Waals surface area contributed by atoms with Crippen LogP contribution in [0.25, 0.3) is 11.1 Å². The first-order chi connectivity index (χ1) is 10.2. The largest absolute Gasteiger partial charge is 0.441 e. The highest BCUT2D eigenvalue weighted by atomic mass is 16.3. The van der Waals surface area contributed by atoms with E-state index in [1.807, 2.05) is 25.1 Å². The van der Waals surface area contributed by atoms with Crippen LogP contribution in [0.5, 0.6) is 0 Å². The maximum absolute atomic E-state index is 12.4. The lowest BCUT2D eigenvalue weighted by molar-refractivity contribution is -0.118. The Kier molecular flexibility index (Phi) is 2.79. The van der Waals surface area contributed by atoms with Gasteiger partial charge in [-0.3, -0.25) is 4.79 Å². The number of piperidine rings is 1. The third-order valence-electron chi connectivity index (χ3n) is 4.87. The zero-order chi connectivity index (χ0) is 14.4. The van der Waals surface area contributed by atoms with Crippen molar-refractivity contribution in [3.8, 4) is 0 Å². The molecule has 110 valence electrons. The summed E-state index contributed by atoms with van der Waals surface area (Å²) in [6.45, 7) is 3.89. The van der Waals surface area contributed by atoms with Crippen molar-refractivity contribution in [3.63, 3.8) is 0 Å². The van der Waals surface area contributed by atoms with Gasteiger partial charge in [0.1, 0.15) is 5.52 Å². The van der Waals surface area contributed by atoms with Crippen LogP contribution in [0.4, 0.5) is 5.69 Å². The number of fused-ring (bicyclic) bond motifs is 1. The highest BCUT2D eigenvalue weighted by molar-refractivity contribution is 5.96. The number of benzene rings is 1. The Bertz CT molecular complexity index is 701. The first-order valence-electron chi connectivity index (χ1n) is 7.55. The summed E-state index contributed by atoms with van der Waals surface area (Å²) in [7, 11) is 0. The molecular formula is C16H19N3O2. The second-order valence-electron chi connectivity index (χ2n) is 6.27. The van der Waals surface area contributed by atoms with Crippen molar-refractivity contribution in [1.82, 2.24) is 10.3 Å². The molecule has 1 saturated heterocycles. The van der Waals surface area contributed by atoms with E-state index in [2.05, 4.69) is 15.6 Å². The van der Waals surface area contributed by atoms with Gasteiger partial charge >= 0.3 is 0 Å². The van der Waals surface area contributed by atoms with E-state index in [9.17, 15) is 4.79 Å². The molecule has 5 nitrogen and oxygen atoms in total. The Balaban J connectivity index is 1.48. The highest BCUT2D eigenvalue weighted by Crippen LogP contribution is 2.58. The standard InChI is InChI=1S/C16H19N3O2/c1-10-18-13-3-2-11(8-14(13)21-10)19-15(20)12-9-16(12)4-6-17-7-5-16/h2-3,8,12,17H,4-7,9H2,1H3,(H,19,20). The third-order valence-corrected chi connectivity index (χ3v) is 4.87. The van der Waals surface area contributed by atoms with Crippen LogP contribution in [0.2, 0.25) is 0 Å². The van der Waals surface area contributed by atoms with Crippen molar-refractivity contribution >= 4 is 22.7 Å². The van der Waals surface area contributed by atoms with Crippen molar-refractivity contribution in [1.29, 1.82) is 0 Å². The van der Waals surface area contributed by atoms with E-state index in [4.69, 9.17) is 4.42 Å². The Labute approximate surface area is 123 Å². The van der Waals surface area contributed by atoms with Crippen molar-refractivity contribution in [2.45, 2.75) is 26.2 Å². The normalized spacial score (nSPS) is 23.4. The third kappa shape index (κ3) is 2.21. The van der Waals surface area contributed by atoms with Crippen molar-refractivity contribution < 1.29 is 9.21 Å². The van der Waals surface area contributed by atoms with Gasteiger partial charge in [0.25, 0.3) is 0 Å². The molecule has 2 heterocycles. The van der Waals surface area contributed by atoms with Crippen LogP contribution < -0.4 is 10.6 Å². The van der Waals surface area contributed by atoms with E-state index in [1.54, 1.807) is 0 Å². The summed E-state index contributed by atoms with van der Waals surface area (Å²) in [4.78, 5) is 16.7. The van der Waals surface area contributed by atoms with Crippen molar-refractivity contribution in [2.24, 2.45) is 11.3 Å². The van der Waals surface area contributed by atoms with Gasteiger partial charge in [0.05, 0.1) is 0 Å². The molecular weight excluding hydrogens is 266 g/mol. The lowest BCUT2D eigenvalue weighted by Crippen LogP contribution is -2.31. The fraction of sp³-hybridized carbons (Fsp3) is 0.500. The van der Waals surface area contributed by atoms with Gasteiger partial charge in [-0.15, -0.1) is 0 Å². The van der Waals surface area contributed by atoms with Crippen LogP contribution in [-0.4, -0.2) is 24.0 Å². The minimum atomic E-state index is 0.146. The molecule has 2 aromatic rings. The van der Waals surface area contributed by atoms with Crippen molar-refractivity contribution in [3.05, 3.63) is 24.1 Å². The summed E-state index contributed by atoms with van der Waals surface area (Å²) in [5.41, 5.74) is 2.60. The molecule has 1 amide bonds. The number of hydrogen-bond acceptors (Lipinski definition) is 4. The zero-order valence-electron chi connectivity index (χ0n) is 12.1. The maximum atomic E-state index is 12.4. The average Bonchev–Trinajstić information content (AvgIpc) is 3.02. The van der Waals surface area contributed by atoms with Crippen LogP contribution in [0, 0.1) is 18.3 Å². The van der Waals surface area contributed by atoms with Crippen LogP contribution in [0.3, 0.4) is 0 Å². The van der Waals surface area contributed by atoms with Gasteiger partial charge in [-0.1, -0.05) is 0 Å². The molecule has 1 unspecified atom stereocenters. The van der Waals surface area contributed by atoms with Gasteiger partial charge in [0.2, 0.25) is 5.91 Å². The molecule has 21 heavy (non-hydrogen) atoms. The Hall–Kier alpha value is -1.88. The number of carbonyl (C=O) groups is 1. The number of anilines is 1. The number of aromatic nitrogens is 1. The number of nitrogens with zero attached hydrogens (tertiary/aromatic N) is 1. The lowest BCUT2D eigenvalue weighted by atomic mass is 9.92. The number of hydrogen-bond donors (Lipinski definition) is 2. The molecule has 0 bridgehead atoms. The van der Waals surface area contributed by atoms with E-state index < -0.39 is 0 Å². The molecule has 1 aliphatic heterocycles. The molecule has 5 heteroatoms. The molecule has 2 aliphatic rings. The second kappa shape index (κ2) is 4.56. The number of oxazole rings is 1. The number of nitrogens with one attached hydrogen (secondary N) is 2. The van der Waals surface area contributed by atoms with Gasteiger partial charge in [0, 0.05) is 24.6 Å². The molecule has 2 fully saturated rings. The molecule has 1 aliphatic carbocycles. The smallest absolute Gasteiger partial charge is 0.228 e. The molecule has 1 aromatic carbocycles. The van der Waals surface area contributed by atoms with Gasteiger partial charge in [0.15, 0.2) is 11.5 Å². The molecule has 4 rings (SSSR count). The minimum Gasteiger partial charge on any atom is -0.441 e. The lowest BCUT2D eigenvalue weighted by Gasteiger charge is -2.23. The van der Waals surface area contributed by atoms with Gasteiger partial charge in [-0.25, -0.2) is 4.98 Å². The topological polar surface area (TPSA) is 67.2 Å². The van der Waals surface area contributed by atoms with Crippen LogP contribution in [0.1, 0.15) is 25.2 Å². The van der Waals surface area contributed by atoms with E-state index in [-0.39, 0.29) is 17.2 Å². The van der Waals surface area contributed by atoms with Crippen LogP contribution >= 0.6 is 0 Å². The zero-order valence-corrected chi connectivity index (χ0v) is 12.1.